The van der Waals surface area contributed by atoms with E-state index in [4.69, 9.17) is 9.73 Å². The van der Waals surface area contributed by atoms with Crippen LogP contribution in [0.5, 0.6) is 5.75 Å². The Bertz CT molecular complexity index is 1450. The zero-order valence-corrected chi connectivity index (χ0v) is 23.7. The second-order valence-electron chi connectivity index (χ2n) is 10.6. The summed E-state index contributed by atoms with van der Waals surface area (Å²) >= 11 is 4.15. The van der Waals surface area contributed by atoms with Crippen molar-refractivity contribution in [3.8, 4) is 5.75 Å². The number of hydrogen-bond donors (Lipinski definition) is 0. The van der Waals surface area contributed by atoms with Gasteiger partial charge in [0.2, 0.25) is 0 Å². The van der Waals surface area contributed by atoms with Gasteiger partial charge in [-0.2, -0.15) is 0 Å². The van der Waals surface area contributed by atoms with E-state index in [-0.39, 0.29) is 21.0 Å². The molecule has 0 amide bonds. The van der Waals surface area contributed by atoms with E-state index in [9.17, 15) is 0 Å². The van der Waals surface area contributed by atoms with Crippen molar-refractivity contribution in [2.45, 2.75) is 46.7 Å². The number of nitrogens with zero attached hydrogens (tertiary/aromatic N) is 2. The van der Waals surface area contributed by atoms with Crippen LogP contribution in [0.4, 0.5) is 5.69 Å². The maximum atomic E-state index is 5.70. The first kappa shape index (κ1) is 24.9. The average Bonchev–Trinajstić information content (AvgIpc) is 3.71. The number of aliphatic imine (C=N–C) groups is 1. The van der Waals surface area contributed by atoms with E-state index in [0.29, 0.717) is 0 Å². The predicted octanol–water partition coefficient (Wildman–Crippen LogP) is 8.89. The molecule has 0 bridgehead atoms. The van der Waals surface area contributed by atoms with Gasteiger partial charge < -0.3 is 9.64 Å². The fraction of sp³-hybridized carbons (Fsp3) is 0.265. The lowest BCUT2D eigenvalue weighted by Crippen LogP contribution is -2.48. The van der Waals surface area contributed by atoms with Crippen molar-refractivity contribution in [3.05, 3.63) is 132 Å². The maximum Gasteiger partial charge on any atom is 0.119 e. The first-order valence-electron chi connectivity index (χ1n) is 13.8. The van der Waals surface area contributed by atoms with Crippen molar-refractivity contribution in [2.75, 3.05) is 12.0 Å². The molecule has 196 valence electrons. The van der Waals surface area contributed by atoms with Crippen LogP contribution in [0, 0.1) is 0 Å². The molecule has 3 aliphatic rings. The van der Waals surface area contributed by atoms with Gasteiger partial charge in [0, 0.05) is 11.3 Å². The summed E-state index contributed by atoms with van der Waals surface area (Å²) in [5, 5.41) is 1.34. The highest BCUT2D eigenvalue weighted by Gasteiger charge is 2.68. The lowest BCUT2D eigenvalue weighted by atomic mass is 9.84. The molecule has 2 heterocycles. The summed E-state index contributed by atoms with van der Waals surface area (Å²) < 4.78 is 5.37. The van der Waals surface area contributed by atoms with Crippen molar-refractivity contribution in [1.29, 1.82) is 0 Å². The molecule has 0 radical (unpaired) electrons. The standard InChI is InChI=1S/C34H32N2OS2/c1-37-29-21-19-28(20-22-29)36-30(25-13-5-2-6-14-25)34(39-32(36)27-17-9-4-10-18-27)33(23-11-12-24-33)35-31(38-34)26-15-7-3-8-16-26/h2-10,13-22,30,32H,11-12,23-24H2,1H3/t30-,32-,34-/m0/s1. The van der Waals surface area contributed by atoms with E-state index in [1.807, 2.05) is 11.8 Å². The van der Waals surface area contributed by atoms with Gasteiger partial charge in [0.05, 0.1) is 23.7 Å². The van der Waals surface area contributed by atoms with E-state index < -0.39 is 0 Å². The summed E-state index contributed by atoms with van der Waals surface area (Å²) in [6.45, 7) is 0. The van der Waals surface area contributed by atoms with Gasteiger partial charge in [-0.1, -0.05) is 116 Å². The Morgan fingerprint density at radius 3 is 1.95 bits per heavy atom. The summed E-state index contributed by atoms with van der Waals surface area (Å²) in [5.41, 5.74) is 5.00. The molecule has 0 unspecified atom stereocenters. The van der Waals surface area contributed by atoms with Gasteiger partial charge in [-0.3, -0.25) is 4.99 Å². The molecule has 1 saturated carbocycles. The van der Waals surface area contributed by atoms with Crippen molar-refractivity contribution in [2.24, 2.45) is 4.99 Å². The molecule has 2 fully saturated rings. The molecular weight excluding hydrogens is 517 g/mol. The Hall–Kier alpha value is -3.15. The highest BCUT2D eigenvalue weighted by molar-refractivity contribution is 8.27. The van der Waals surface area contributed by atoms with Gasteiger partial charge >= 0.3 is 0 Å². The van der Waals surface area contributed by atoms with E-state index in [1.54, 1.807) is 7.11 Å². The molecule has 0 N–H and O–H groups in total. The Balaban J connectivity index is 1.45. The van der Waals surface area contributed by atoms with E-state index in [2.05, 4.69) is 132 Å². The number of methoxy groups -OCH3 is 1. The number of thioether (sulfide) groups is 2. The normalized spacial score (nSPS) is 25.4. The molecular formula is C34H32N2OS2. The number of hydrogen-bond acceptors (Lipinski definition) is 5. The summed E-state index contributed by atoms with van der Waals surface area (Å²) in [6, 6.07) is 41.8. The molecule has 39 heavy (non-hydrogen) atoms. The second kappa shape index (κ2) is 10.1. The van der Waals surface area contributed by atoms with Crippen LogP contribution >= 0.6 is 23.5 Å². The van der Waals surface area contributed by atoms with Crippen molar-refractivity contribution in [1.82, 2.24) is 0 Å². The largest absolute Gasteiger partial charge is 0.497 e. The van der Waals surface area contributed by atoms with Gasteiger partial charge in [0.25, 0.3) is 0 Å². The number of ether oxygens (including phenoxy) is 1. The predicted molar refractivity (Wildman–Crippen MR) is 166 cm³/mol. The SMILES string of the molecule is COc1ccc(N2[C@@H](c3ccccc3)[C@]3(SC(c4ccccc4)=NC34CCCC4)S[C@H]2c2ccccc2)cc1. The molecule has 1 saturated heterocycles. The van der Waals surface area contributed by atoms with Crippen LogP contribution in [0.1, 0.15) is 53.8 Å². The summed E-state index contributed by atoms with van der Waals surface area (Å²) in [6.07, 6.45) is 4.72. The highest BCUT2D eigenvalue weighted by Crippen LogP contribution is 2.73. The van der Waals surface area contributed by atoms with Crippen LogP contribution < -0.4 is 9.64 Å². The zero-order valence-electron chi connectivity index (χ0n) is 22.1. The number of rotatable bonds is 5. The van der Waals surface area contributed by atoms with Crippen LogP contribution in [0.15, 0.2) is 120 Å². The van der Waals surface area contributed by atoms with Gasteiger partial charge in [-0.15, -0.1) is 11.8 Å². The Labute approximate surface area is 239 Å². The summed E-state index contributed by atoms with van der Waals surface area (Å²) in [4.78, 5) is 8.37. The third-order valence-electron chi connectivity index (χ3n) is 8.41. The monoisotopic (exact) mass is 548 g/mol. The average molecular weight is 549 g/mol. The van der Waals surface area contributed by atoms with Gasteiger partial charge in [-0.25, -0.2) is 0 Å². The van der Waals surface area contributed by atoms with E-state index in [0.717, 1.165) is 18.6 Å². The molecule has 4 aromatic carbocycles. The number of fused-ring (bicyclic) bond motifs is 1. The fourth-order valence-corrected chi connectivity index (χ4v) is 10.7. The Kier molecular flexibility index (Phi) is 6.44. The lowest BCUT2D eigenvalue weighted by Gasteiger charge is -2.43. The van der Waals surface area contributed by atoms with Crippen LogP contribution in [-0.4, -0.2) is 21.8 Å². The highest BCUT2D eigenvalue weighted by atomic mass is 32.2. The molecule has 2 aliphatic heterocycles. The fourth-order valence-electron chi connectivity index (χ4n) is 6.61. The molecule has 0 aromatic heterocycles. The molecule has 1 aliphatic carbocycles. The quantitative estimate of drug-likeness (QED) is 0.249. The van der Waals surface area contributed by atoms with Crippen molar-refractivity contribution < 1.29 is 4.74 Å². The first-order chi connectivity index (χ1) is 19.2. The topological polar surface area (TPSA) is 24.8 Å². The van der Waals surface area contributed by atoms with Crippen LogP contribution in [0.3, 0.4) is 0 Å². The van der Waals surface area contributed by atoms with Crippen LogP contribution in [-0.2, 0) is 0 Å². The minimum Gasteiger partial charge on any atom is -0.497 e. The minimum atomic E-state index is -0.170. The smallest absolute Gasteiger partial charge is 0.119 e. The molecule has 7 rings (SSSR count). The van der Waals surface area contributed by atoms with Gasteiger partial charge in [-0.05, 0) is 48.2 Å². The number of benzene rings is 4. The zero-order chi connectivity index (χ0) is 26.3. The second-order valence-corrected chi connectivity index (χ2v) is 13.4. The number of anilines is 1. The van der Waals surface area contributed by atoms with Gasteiger partial charge in [0.15, 0.2) is 0 Å². The first-order valence-corrected chi connectivity index (χ1v) is 15.5. The molecule has 4 aromatic rings. The Morgan fingerprint density at radius 1 is 0.744 bits per heavy atom. The molecule has 5 heteroatoms. The van der Waals surface area contributed by atoms with E-state index >= 15 is 0 Å². The van der Waals surface area contributed by atoms with Crippen molar-refractivity contribution >= 4 is 34.3 Å². The summed E-state index contributed by atoms with van der Waals surface area (Å²) in [7, 11) is 1.73. The summed E-state index contributed by atoms with van der Waals surface area (Å²) in [5.74, 6) is 0.880. The third-order valence-corrected chi connectivity index (χ3v) is 12.1. The Morgan fingerprint density at radius 2 is 1.33 bits per heavy atom. The molecule has 3 atom stereocenters. The van der Waals surface area contributed by atoms with E-state index in [1.165, 1.54) is 40.3 Å². The lowest BCUT2D eigenvalue weighted by molar-refractivity contribution is 0.370. The third kappa shape index (κ3) is 4.09. The van der Waals surface area contributed by atoms with Gasteiger partial charge in [0.1, 0.15) is 15.2 Å². The molecule has 2 spiro atoms. The molecule has 3 nitrogen and oxygen atoms in total. The van der Waals surface area contributed by atoms with Crippen LogP contribution in [0.25, 0.3) is 0 Å². The maximum absolute atomic E-state index is 5.70. The minimum absolute atomic E-state index is 0.123. The van der Waals surface area contributed by atoms with Crippen LogP contribution in [0.2, 0.25) is 0 Å². The van der Waals surface area contributed by atoms with Crippen molar-refractivity contribution in [3.63, 3.8) is 0 Å².